The molecule has 1 N–H and O–H groups in total. The van der Waals surface area contributed by atoms with Gasteiger partial charge in [0.1, 0.15) is 24.9 Å². The molecule has 0 aromatic carbocycles. The Labute approximate surface area is 153 Å². The van der Waals surface area contributed by atoms with E-state index in [1.165, 1.54) is 7.11 Å². The van der Waals surface area contributed by atoms with Crippen molar-refractivity contribution >= 4 is 24.0 Å². The molecule has 0 spiro atoms. The first kappa shape index (κ1) is 23.4. The van der Waals surface area contributed by atoms with E-state index in [1.807, 2.05) is 0 Å². The summed E-state index contributed by atoms with van der Waals surface area (Å²) in [6, 6.07) is -0.903. The standard InChI is InChI=1S/C17H27NO8/c1-11(2)14(18-16(22)26-17(3,4)5)15(21)25-10-9-24-13(20)8-7-12(19)23-6/h7-8,11,14H,9-10H2,1-6H3,(H,18,22)/b8-7+/t14-/m0/s1. The number of alkyl carbamates (subject to hydrolysis) is 1. The zero-order valence-electron chi connectivity index (χ0n) is 16.0. The van der Waals surface area contributed by atoms with Crippen molar-refractivity contribution in [1.82, 2.24) is 5.32 Å². The van der Waals surface area contributed by atoms with E-state index in [4.69, 9.17) is 14.2 Å². The Morgan fingerprint density at radius 2 is 1.50 bits per heavy atom. The molecule has 1 amide bonds. The minimum Gasteiger partial charge on any atom is -0.466 e. The van der Waals surface area contributed by atoms with E-state index >= 15 is 0 Å². The maximum atomic E-state index is 12.1. The SMILES string of the molecule is COC(=O)/C=C/C(=O)OCCOC(=O)[C@@H](NC(=O)OC(C)(C)C)C(C)C. The van der Waals surface area contributed by atoms with E-state index in [9.17, 15) is 19.2 Å². The van der Waals surface area contributed by atoms with Gasteiger partial charge in [0.2, 0.25) is 0 Å². The molecule has 0 aromatic heterocycles. The van der Waals surface area contributed by atoms with Crippen LogP contribution >= 0.6 is 0 Å². The van der Waals surface area contributed by atoms with Gasteiger partial charge in [-0.15, -0.1) is 0 Å². The van der Waals surface area contributed by atoms with E-state index in [0.717, 1.165) is 12.2 Å². The molecule has 0 radical (unpaired) electrons. The van der Waals surface area contributed by atoms with Gasteiger partial charge in [0.25, 0.3) is 0 Å². The molecule has 0 aliphatic carbocycles. The van der Waals surface area contributed by atoms with E-state index in [0.29, 0.717) is 0 Å². The Hall–Kier alpha value is -2.58. The van der Waals surface area contributed by atoms with Crippen molar-refractivity contribution in [3.05, 3.63) is 12.2 Å². The summed E-state index contributed by atoms with van der Waals surface area (Å²) in [6.45, 7) is 8.19. The number of methoxy groups -OCH3 is 1. The lowest BCUT2D eigenvalue weighted by molar-refractivity contribution is -0.152. The quantitative estimate of drug-likeness (QED) is 0.293. The Morgan fingerprint density at radius 3 is 2.00 bits per heavy atom. The van der Waals surface area contributed by atoms with Crippen LogP contribution in [0.25, 0.3) is 0 Å². The van der Waals surface area contributed by atoms with E-state index < -0.39 is 35.6 Å². The third-order valence-corrected chi connectivity index (χ3v) is 2.72. The lowest BCUT2D eigenvalue weighted by Gasteiger charge is -2.24. The van der Waals surface area contributed by atoms with Crippen molar-refractivity contribution < 1.29 is 38.1 Å². The summed E-state index contributed by atoms with van der Waals surface area (Å²) in [6.07, 6.45) is 1.08. The highest BCUT2D eigenvalue weighted by atomic mass is 16.6. The summed E-state index contributed by atoms with van der Waals surface area (Å²) in [7, 11) is 1.17. The van der Waals surface area contributed by atoms with Crippen LogP contribution in [0, 0.1) is 5.92 Å². The van der Waals surface area contributed by atoms with Gasteiger partial charge in [-0.2, -0.15) is 0 Å². The number of ether oxygens (including phenoxy) is 4. The molecular formula is C17H27NO8. The summed E-state index contributed by atoms with van der Waals surface area (Å²) >= 11 is 0. The van der Waals surface area contributed by atoms with Crippen LogP contribution in [0.2, 0.25) is 0 Å². The first-order valence-corrected chi connectivity index (χ1v) is 8.05. The lowest BCUT2D eigenvalue weighted by atomic mass is 10.1. The predicted molar refractivity (Wildman–Crippen MR) is 91.1 cm³/mol. The minimum absolute atomic E-state index is 0.199. The van der Waals surface area contributed by atoms with Crippen LogP contribution in [0.4, 0.5) is 4.79 Å². The van der Waals surface area contributed by atoms with Gasteiger partial charge in [-0.25, -0.2) is 19.2 Å². The minimum atomic E-state index is -0.903. The van der Waals surface area contributed by atoms with Crippen LogP contribution in [-0.4, -0.2) is 56.0 Å². The topological polar surface area (TPSA) is 117 Å². The number of esters is 3. The highest BCUT2D eigenvalue weighted by molar-refractivity contribution is 5.91. The summed E-state index contributed by atoms with van der Waals surface area (Å²) in [4.78, 5) is 46.0. The van der Waals surface area contributed by atoms with Crippen molar-refractivity contribution in [3.63, 3.8) is 0 Å². The second-order valence-electron chi connectivity index (χ2n) is 6.56. The molecule has 26 heavy (non-hydrogen) atoms. The number of rotatable bonds is 8. The van der Waals surface area contributed by atoms with Crippen molar-refractivity contribution in [2.75, 3.05) is 20.3 Å². The molecule has 0 unspecified atom stereocenters. The molecule has 0 heterocycles. The predicted octanol–water partition coefficient (Wildman–Crippen LogP) is 1.35. The number of nitrogens with one attached hydrogen (secondary N) is 1. The fraction of sp³-hybridized carbons (Fsp3) is 0.647. The maximum Gasteiger partial charge on any atom is 0.408 e. The van der Waals surface area contributed by atoms with Crippen LogP contribution in [0.3, 0.4) is 0 Å². The maximum absolute atomic E-state index is 12.1. The normalized spacial score (nSPS) is 12.4. The average molecular weight is 373 g/mol. The van der Waals surface area contributed by atoms with E-state index in [2.05, 4.69) is 10.1 Å². The van der Waals surface area contributed by atoms with E-state index in [1.54, 1.807) is 34.6 Å². The van der Waals surface area contributed by atoms with Gasteiger partial charge in [-0.1, -0.05) is 13.8 Å². The van der Waals surface area contributed by atoms with Crippen LogP contribution in [0.15, 0.2) is 12.2 Å². The number of hydrogen-bond donors (Lipinski definition) is 1. The largest absolute Gasteiger partial charge is 0.466 e. The average Bonchev–Trinajstić information content (AvgIpc) is 2.52. The molecular weight excluding hydrogens is 346 g/mol. The van der Waals surface area contributed by atoms with Crippen LogP contribution in [0.5, 0.6) is 0 Å². The third-order valence-electron chi connectivity index (χ3n) is 2.72. The molecule has 0 saturated heterocycles. The molecule has 0 aromatic rings. The van der Waals surface area contributed by atoms with Crippen molar-refractivity contribution in [1.29, 1.82) is 0 Å². The third kappa shape index (κ3) is 11.1. The van der Waals surface area contributed by atoms with E-state index in [-0.39, 0.29) is 19.1 Å². The Balaban J connectivity index is 4.35. The zero-order chi connectivity index (χ0) is 20.3. The van der Waals surface area contributed by atoms with Crippen molar-refractivity contribution in [2.24, 2.45) is 5.92 Å². The first-order chi connectivity index (χ1) is 12.0. The second kappa shape index (κ2) is 11.1. The van der Waals surface area contributed by atoms with Gasteiger partial charge in [-0.05, 0) is 26.7 Å². The number of carbonyl (C=O) groups excluding carboxylic acids is 4. The number of hydrogen-bond acceptors (Lipinski definition) is 8. The number of carbonyl (C=O) groups is 4. The summed E-state index contributed by atoms with van der Waals surface area (Å²) in [5.74, 6) is -2.38. The molecule has 9 heteroatoms. The highest BCUT2D eigenvalue weighted by Crippen LogP contribution is 2.09. The highest BCUT2D eigenvalue weighted by Gasteiger charge is 2.28. The second-order valence-corrected chi connectivity index (χ2v) is 6.56. The van der Waals surface area contributed by atoms with Gasteiger partial charge in [0.05, 0.1) is 7.11 Å². The molecule has 0 rings (SSSR count). The van der Waals surface area contributed by atoms with Gasteiger partial charge in [0.15, 0.2) is 0 Å². The van der Waals surface area contributed by atoms with Crippen LogP contribution in [0.1, 0.15) is 34.6 Å². The molecule has 9 nitrogen and oxygen atoms in total. The molecule has 1 atom stereocenters. The zero-order valence-corrected chi connectivity index (χ0v) is 16.0. The van der Waals surface area contributed by atoms with Crippen molar-refractivity contribution in [3.8, 4) is 0 Å². The summed E-state index contributed by atoms with van der Waals surface area (Å²) in [5.41, 5.74) is -0.693. The first-order valence-electron chi connectivity index (χ1n) is 8.05. The number of amides is 1. The Kier molecular flexibility index (Phi) is 10.0. The lowest BCUT2D eigenvalue weighted by Crippen LogP contribution is -2.47. The van der Waals surface area contributed by atoms with Gasteiger partial charge < -0.3 is 24.3 Å². The molecule has 0 aliphatic rings. The summed E-state index contributed by atoms with van der Waals surface area (Å²) in [5, 5.41) is 2.46. The van der Waals surface area contributed by atoms with Gasteiger partial charge in [-0.3, -0.25) is 0 Å². The smallest absolute Gasteiger partial charge is 0.408 e. The molecule has 0 fully saturated rings. The molecule has 148 valence electrons. The fourth-order valence-corrected chi connectivity index (χ4v) is 1.56. The fourth-order valence-electron chi connectivity index (χ4n) is 1.56. The van der Waals surface area contributed by atoms with Gasteiger partial charge >= 0.3 is 24.0 Å². The van der Waals surface area contributed by atoms with Crippen LogP contribution in [-0.2, 0) is 33.3 Å². The monoisotopic (exact) mass is 373 g/mol. The van der Waals surface area contributed by atoms with Crippen LogP contribution < -0.4 is 5.32 Å². The Bertz CT molecular complexity index is 533. The van der Waals surface area contributed by atoms with Crippen molar-refractivity contribution in [2.45, 2.75) is 46.3 Å². The molecule has 0 aliphatic heterocycles. The Morgan fingerprint density at radius 1 is 0.962 bits per heavy atom. The summed E-state index contributed by atoms with van der Waals surface area (Å²) < 4.78 is 19.2. The van der Waals surface area contributed by atoms with Gasteiger partial charge in [0, 0.05) is 12.2 Å². The molecule has 0 saturated carbocycles. The molecule has 0 bridgehead atoms.